The van der Waals surface area contributed by atoms with E-state index in [-0.39, 0.29) is 0 Å². The minimum absolute atomic E-state index is 0.596. The summed E-state index contributed by atoms with van der Waals surface area (Å²) in [6.07, 6.45) is -26.9. The number of nitrogens with one attached hydrogen (secondary N) is 3. The number of aliphatic hydroxyl groups is 10. The smallest absolute Gasteiger partial charge is 0.219 e. The topological polar surface area (TPSA) is 375 Å². The Morgan fingerprint density at radius 2 is 0.845 bits per heavy atom. The molecule has 0 bridgehead atoms. The van der Waals surface area contributed by atoms with Crippen LogP contribution in [0.15, 0.2) is 0 Å². The number of nitrogens with zero attached hydrogens (tertiary/aromatic N) is 1. The molecule has 25 nitrogen and oxygen atoms in total. The lowest BCUT2D eigenvalue weighted by Crippen LogP contribution is -2.71. The first kappa shape index (κ1) is 47.9. The second-order valence-corrected chi connectivity index (χ2v) is 14.5. The van der Waals surface area contributed by atoms with E-state index in [9.17, 15) is 70.2 Å². The van der Waals surface area contributed by atoms with E-state index in [0.717, 1.165) is 32.6 Å². The highest BCUT2D eigenvalue weighted by atomic mass is 16.8. The molecule has 334 valence electrons. The first-order chi connectivity index (χ1) is 27.3. The van der Waals surface area contributed by atoms with E-state index in [1.54, 1.807) is 0 Å². The van der Waals surface area contributed by atoms with Gasteiger partial charge in [-0.1, -0.05) is 0 Å². The molecule has 4 saturated heterocycles. The van der Waals surface area contributed by atoms with Crippen LogP contribution in [0.5, 0.6) is 0 Å². The number of carbonyl (C=O) groups is 4. The first-order valence-corrected chi connectivity index (χ1v) is 18.4. The minimum atomic E-state index is -1.90. The number of likely N-dealkylation sites (N-methyl/N-ethyl adjacent to an activating group) is 1. The van der Waals surface area contributed by atoms with Crippen molar-refractivity contribution in [3.8, 4) is 0 Å². The van der Waals surface area contributed by atoms with Crippen LogP contribution in [-0.4, -0.2) is 236 Å². The summed E-state index contributed by atoms with van der Waals surface area (Å²) >= 11 is 0. The summed E-state index contributed by atoms with van der Waals surface area (Å²) in [5.74, 6) is -2.75. The van der Waals surface area contributed by atoms with Crippen LogP contribution < -0.4 is 16.0 Å². The third-order valence-corrected chi connectivity index (χ3v) is 10.4. The van der Waals surface area contributed by atoms with Gasteiger partial charge in [-0.05, 0) is 0 Å². The molecule has 0 radical (unpaired) electrons. The molecule has 4 amide bonds. The van der Waals surface area contributed by atoms with E-state index >= 15 is 0 Å². The number of aliphatic hydroxyl groups excluding tert-OH is 10. The first-order valence-electron chi connectivity index (χ1n) is 18.4. The van der Waals surface area contributed by atoms with Crippen molar-refractivity contribution < 1.29 is 103 Å². The monoisotopic (exact) mass is 844 g/mol. The molecule has 4 unspecified atom stereocenters. The Labute approximate surface area is 331 Å². The van der Waals surface area contributed by atoms with E-state index in [2.05, 4.69) is 16.0 Å². The summed E-state index contributed by atoms with van der Waals surface area (Å²) in [7, 11) is 1.27. The maximum Gasteiger partial charge on any atom is 0.219 e. The van der Waals surface area contributed by atoms with Crippen LogP contribution in [0.25, 0.3) is 0 Å². The van der Waals surface area contributed by atoms with Crippen LogP contribution in [0.3, 0.4) is 0 Å². The van der Waals surface area contributed by atoms with E-state index in [1.807, 2.05) is 0 Å². The van der Waals surface area contributed by atoms with Crippen molar-refractivity contribution >= 4 is 23.6 Å². The van der Waals surface area contributed by atoms with E-state index < -0.39 is 173 Å². The number of ether oxygens (including phenoxy) is 7. The number of hydrogen-bond donors (Lipinski definition) is 13. The van der Waals surface area contributed by atoms with Crippen LogP contribution in [0, 0.1) is 0 Å². The maximum atomic E-state index is 12.4. The normalized spacial score (nSPS) is 43.2. The van der Waals surface area contributed by atoms with Gasteiger partial charge >= 0.3 is 0 Å². The third-order valence-electron chi connectivity index (χ3n) is 10.4. The van der Waals surface area contributed by atoms with E-state index in [0.29, 0.717) is 0 Å². The summed E-state index contributed by atoms with van der Waals surface area (Å²) < 4.78 is 40.8. The fraction of sp³-hybridized carbons (Fsp3) is 0.879. The molecule has 4 aliphatic heterocycles. The molecule has 0 saturated carbocycles. The largest absolute Gasteiger partial charge is 0.394 e. The SMILES string of the molecule is CC(=O)N[C@@H]1C(O)[C@H](O[C@@H]2O[C@H](CO)[C@@H](O)C(O)[C@@H]2N(C)C(C)=O)[C@@H](CO)O[C@H]1O[C@H]1C(O)[C@H](NC(C)=O)[C@H](O[C@H]2C(O)[C@@H](NC(C)=O)[C@H](O)O[C@@H]2CO)O[C@@H]1CO. The molecule has 0 aromatic rings. The highest BCUT2D eigenvalue weighted by Crippen LogP contribution is 2.35. The summed E-state index contributed by atoms with van der Waals surface area (Å²) in [5, 5.41) is 114. The summed E-state index contributed by atoms with van der Waals surface area (Å²) in [6.45, 7) is 0.955. The highest BCUT2D eigenvalue weighted by molar-refractivity contribution is 5.74. The van der Waals surface area contributed by atoms with Gasteiger partial charge in [0.1, 0.15) is 97.4 Å². The van der Waals surface area contributed by atoms with Gasteiger partial charge in [0, 0.05) is 34.7 Å². The van der Waals surface area contributed by atoms with Gasteiger partial charge in [-0.3, -0.25) is 19.2 Å². The van der Waals surface area contributed by atoms with Crippen molar-refractivity contribution in [1.29, 1.82) is 0 Å². The lowest BCUT2D eigenvalue weighted by molar-refractivity contribution is -0.363. The fourth-order valence-corrected chi connectivity index (χ4v) is 7.39. The van der Waals surface area contributed by atoms with Crippen LogP contribution in [0.1, 0.15) is 27.7 Å². The molecule has 4 fully saturated rings. The summed E-state index contributed by atoms with van der Waals surface area (Å²) in [6, 6.07) is -6.10. The maximum absolute atomic E-state index is 12.4. The van der Waals surface area contributed by atoms with Gasteiger partial charge in [0.2, 0.25) is 23.6 Å². The zero-order valence-corrected chi connectivity index (χ0v) is 32.3. The van der Waals surface area contributed by atoms with Gasteiger partial charge in [-0.15, -0.1) is 0 Å². The average Bonchev–Trinajstić information content (AvgIpc) is 3.16. The number of hydrogen-bond acceptors (Lipinski definition) is 21. The van der Waals surface area contributed by atoms with Gasteiger partial charge < -0.3 is 105 Å². The molecular formula is C33H56N4O21. The molecule has 25 heteroatoms. The Morgan fingerprint density at radius 1 is 0.500 bits per heavy atom. The predicted molar refractivity (Wildman–Crippen MR) is 185 cm³/mol. The molecule has 0 aromatic heterocycles. The Morgan fingerprint density at radius 3 is 1.22 bits per heavy atom. The van der Waals surface area contributed by atoms with Crippen molar-refractivity contribution in [3.63, 3.8) is 0 Å². The lowest BCUT2D eigenvalue weighted by atomic mass is 9.93. The molecule has 13 N–H and O–H groups in total. The predicted octanol–water partition coefficient (Wildman–Crippen LogP) is -8.83. The average molecular weight is 845 g/mol. The van der Waals surface area contributed by atoms with Crippen LogP contribution in [0.4, 0.5) is 0 Å². The molecule has 58 heavy (non-hydrogen) atoms. The molecule has 20 atom stereocenters. The minimum Gasteiger partial charge on any atom is -0.394 e. The fourth-order valence-electron chi connectivity index (χ4n) is 7.39. The van der Waals surface area contributed by atoms with Gasteiger partial charge in [-0.2, -0.15) is 0 Å². The number of amides is 4. The van der Waals surface area contributed by atoms with Crippen molar-refractivity contribution in [1.82, 2.24) is 20.9 Å². The molecule has 4 aliphatic rings. The van der Waals surface area contributed by atoms with Crippen molar-refractivity contribution in [2.24, 2.45) is 0 Å². The quantitative estimate of drug-likeness (QED) is 0.0772. The zero-order valence-electron chi connectivity index (χ0n) is 32.3. The Balaban J connectivity index is 1.62. The number of carbonyl (C=O) groups excluding carboxylic acids is 4. The Bertz CT molecular complexity index is 1400. The van der Waals surface area contributed by atoms with Gasteiger partial charge in [0.15, 0.2) is 25.2 Å². The second kappa shape index (κ2) is 20.6. The zero-order chi connectivity index (χ0) is 43.3. The summed E-state index contributed by atoms with van der Waals surface area (Å²) in [5.41, 5.74) is 0. The van der Waals surface area contributed by atoms with Crippen molar-refractivity contribution in [3.05, 3.63) is 0 Å². The third kappa shape index (κ3) is 10.6. The van der Waals surface area contributed by atoms with Gasteiger partial charge in [0.05, 0.1) is 26.4 Å². The number of rotatable bonds is 14. The molecule has 0 aliphatic carbocycles. The molecule has 4 rings (SSSR count). The molecule has 4 heterocycles. The Kier molecular flexibility index (Phi) is 17.0. The van der Waals surface area contributed by atoms with Crippen LogP contribution in [-0.2, 0) is 52.3 Å². The van der Waals surface area contributed by atoms with E-state index in [1.165, 1.54) is 7.05 Å². The second-order valence-electron chi connectivity index (χ2n) is 14.5. The van der Waals surface area contributed by atoms with Gasteiger partial charge in [0.25, 0.3) is 0 Å². The summed E-state index contributed by atoms with van der Waals surface area (Å²) in [4.78, 5) is 49.9. The standard InChI is InChI=1S/C33H56N4O21/c1-10(42)34-18-23(47)27(15(7-39)52-30(18)51)56-31-19(35-11(2)43)24(48)28(16(8-40)54-31)57-32-20(36-12(3)44)25(49)29(17(9-41)55-32)58-33-21(37(5)13(4)45)26(50)22(46)14(6-38)53-33/h14-33,38-41,46-51H,6-9H2,1-5H3,(H,34,42)(H,35,43)(H,36,44)/t14-,15-,16-,17-,18-,19+,20-,21+,22-,23?,24?,25?,26?,27-,28-,29-,30-,31+,32+,33+/m1/s1. The van der Waals surface area contributed by atoms with Crippen molar-refractivity contribution in [2.75, 3.05) is 33.5 Å². The molecular weight excluding hydrogens is 788 g/mol. The van der Waals surface area contributed by atoms with Crippen LogP contribution >= 0.6 is 0 Å². The van der Waals surface area contributed by atoms with Crippen molar-refractivity contribution in [2.45, 2.75) is 150 Å². The van der Waals surface area contributed by atoms with Crippen LogP contribution in [0.2, 0.25) is 0 Å². The lowest BCUT2D eigenvalue weighted by Gasteiger charge is -2.51. The van der Waals surface area contributed by atoms with Gasteiger partial charge in [-0.25, -0.2) is 0 Å². The van der Waals surface area contributed by atoms with E-state index in [4.69, 9.17) is 33.2 Å². The Hall–Kier alpha value is -2.80. The molecule has 0 aromatic carbocycles. The molecule has 0 spiro atoms. The highest BCUT2D eigenvalue weighted by Gasteiger charge is 2.56.